The second-order valence-corrected chi connectivity index (χ2v) is 4.92. The van der Waals surface area contributed by atoms with Gasteiger partial charge in [0, 0.05) is 13.5 Å². The van der Waals surface area contributed by atoms with Gasteiger partial charge in [-0.25, -0.2) is 9.07 Å². The number of nitrogens with zero attached hydrogens (tertiary/aromatic N) is 2. The molecule has 0 saturated heterocycles. The van der Waals surface area contributed by atoms with Crippen molar-refractivity contribution in [3.63, 3.8) is 0 Å². The zero-order valence-corrected chi connectivity index (χ0v) is 12.1. The van der Waals surface area contributed by atoms with Crippen molar-refractivity contribution in [2.45, 2.75) is 26.4 Å². The van der Waals surface area contributed by atoms with E-state index in [-0.39, 0.29) is 5.82 Å². The number of aliphatic hydroxyl groups is 1. The average molecular weight is 278 g/mol. The molecule has 1 unspecified atom stereocenters. The molecule has 0 radical (unpaired) electrons. The summed E-state index contributed by atoms with van der Waals surface area (Å²) in [6, 6.07) is 4.59. The summed E-state index contributed by atoms with van der Waals surface area (Å²) in [6.45, 7) is 3.72. The van der Waals surface area contributed by atoms with Gasteiger partial charge in [0.15, 0.2) is 0 Å². The largest absolute Gasteiger partial charge is 0.481 e. The molecule has 0 aliphatic rings. The average Bonchev–Trinajstić information content (AvgIpc) is 2.68. The first-order valence-corrected chi connectivity index (χ1v) is 6.44. The molecule has 1 N–H and O–H groups in total. The van der Waals surface area contributed by atoms with E-state index in [1.165, 1.54) is 12.1 Å². The zero-order chi connectivity index (χ0) is 14.9. The van der Waals surface area contributed by atoms with Crippen LogP contribution in [0.2, 0.25) is 0 Å². The van der Waals surface area contributed by atoms with Crippen LogP contribution >= 0.6 is 0 Å². The molecule has 0 saturated carbocycles. The van der Waals surface area contributed by atoms with Gasteiger partial charge in [-0.2, -0.15) is 5.10 Å². The van der Waals surface area contributed by atoms with Crippen LogP contribution in [0.5, 0.6) is 5.88 Å². The second-order valence-electron chi connectivity index (χ2n) is 4.92. The molecule has 1 heterocycles. The lowest BCUT2D eigenvalue weighted by Gasteiger charge is -2.14. The Kier molecular flexibility index (Phi) is 4.09. The van der Waals surface area contributed by atoms with Crippen LogP contribution in [0, 0.1) is 19.7 Å². The van der Waals surface area contributed by atoms with Gasteiger partial charge in [-0.1, -0.05) is 6.07 Å². The predicted octanol–water partition coefficient (Wildman–Crippen LogP) is 2.46. The van der Waals surface area contributed by atoms with Crippen LogP contribution in [0.1, 0.15) is 28.5 Å². The minimum absolute atomic E-state index is 0.298. The number of aryl methyl sites for hydroxylation is 3. The highest BCUT2D eigenvalue weighted by Gasteiger charge is 2.22. The summed E-state index contributed by atoms with van der Waals surface area (Å²) in [5, 5.41) is 14.7. The molecule has 5 heteroatoms. The summed E-state index contributed by atoms with van der Waals surface area (Å²) in [7, 11) is 3.30. The van der Waals surface area contributed by atoms with E-state index in [0.717, 1.165) is 11.1 Å². The molecule has 0 bridgehead atoms. The number of hydrogen-bond donors (Lipinski definition) is 1. The van der Waals surface area contributed by atoms with Crippen molar-refractivity contribution in [1.82, 2.24) is 9.78 Å². The van der Waals surface area contributed by atoms with Crippen LogP contribution in [0.4, 0.5) is 4.39 Å². The molecule has 20 heavy (non-hydrogen) atoms. The standard InChI is InChI=1S/C15H19FN2O2/c1-9-5-6-12(16)7-11(9)8-13(19)14-10(2)17-18(3)15(14)20-4/h5-7,13,19H,8H2,1-4H3. The molecule has 0 fully saturated rings. The van der Waals surface area contributed by atoms with Gasteiger partial charge in [-0.3, -0.25) is 0 Å². The highest BCUT2D eigenvalue weighted by molar-refractivity contribution is 5.36. The fraction of sp³-hybridized carbons (Fsp3) is 0.400. The van der Waals surface area contributed by atoms with Crippen molar-refractivity contribution in [1.29, 1.82) is 0 Å². The number of methoxy groups -OCH3 is 1. The van der Waals surface area contributed by atoms with Crippen LogP contribution in [-0.2, 0) is 13.5 Å². The number of benzene rings is 1. The van der Waals surface area contributed by atoms with Crippen molar-refractivity contribution >= 4 is 0 Å². The van der Waals surface area contributed by atoms with Crippen molar-refractivity contribution in [2.75, 3.05) is 7.11 Å². The third-order valence-corrected chi connectivity index (χ3v) is 3.47. The smallest absolute Gasteiger partial charge is 0.217 e. The minimum Gasteiger partial charge on any atom is -0.481 e. The molecule has 1 aromatic carbocycles. The van der Waals surface area contributed by atoms with Crippen molar-refractivity contribution in [2.24, 2.45) is 7.05 Å². The monoisotopic (exact) mass is 278 g/mol. The summed E-state index contributed by atoms with van der Waals surface area (Å²) in [4.78, 5) is 0. The lowest BCUT2D eigenvalue weighted by molar-refractivity contribution is 0.172. The predicted molar refractivity (Wildman–Crippen MR) is 74.3 cm³/mol. The van der Waals surface area contributed by atoms with E-state index in [9.17, 15) is 9.50 Å². The maximum atomic E-state index is 13.3. The Balaban J connectivity index is 2.33. The molecule has 0 aliphatic carbocycles. The van der Waals surface area contributed by atoms with E-state index >= 15 is 0 Å². The third-order valence-electron chi connectivity index (χ3n) is 3.47. The number of ether oxygens (including phenoxy) is 1. The number of aliphatic hydroxyl groups excluding tert-OH is 1. The number of hydrogen-bond acceptors (Lipinski definition) is 3. The van der Waals surface area contributed by atoms with Crippen molar-refractivity contribution in [3.05, 3.63) is 46.4 Å². The Morgan fingerprint density at radius 3 is 2.75 bits per heavy atom. The van der Waals surface area contributed by atoms with E-state index in [4.69, 9.17) is 4.74 Å². The number of aromatic nitrogens is 2. The van der Waals surface area contributed by atoms with Gasteiger partial charge in [-0.15, -0.1) is 0 Å². The molecule has 2 aromatic rings. The molecule has 108 valence electrons. The first-order valence-electron chi connectivity index (χ1n) is 6.44. The van der Waals surface area contributed by atoms with Crippen LogP contribution in [0.25, 0.3) is 0 Å². The van der Waals surface area contributed by atoms with Crippen LogP contribution in [-0.4, -0.2) is 22.0 Å². The third kappa shape index (κ3) is 2.67. The van der Waals surface area contributed by atoms with Crippen LogP contribution in [0.15, 0.2) is 18.2 Å². The van der Waals surface area contributed by atoms with E-state index in [0.29, 0.717) is 23.6 Å². The van der Waals surface area contributed by atoms with E-state index in [1.54, 1.807) is 24.9 Å². The number of rotatable bonds is 4. The topological polar surface area (TPSA) is 47.3 Å². The molecular weight excluding hydrogens is 259 g/mol. The Morgan fingerprint density at radius 2 is 2.10 bits per heavy atom. The maximum absolute atomic E-state index is 13.3. The first-order chi connectivity index (χ1) is 9.43. The molecule has 2 rings (SSSR count). The van der Waals surface area contributed by atoms with E-state index in [1.807, 2.05) is 13.8 Å². The Morgan fingerprint density at radius 1 is 1.40 bits per heavy atom. The van der Waals surface area contributed by atoms with Gasteiger partial charge in [0.2, 0.25) is 5.88 Å². The Bertz CT molecular complexity index is 623. The number of halogens is 1. The maximum Gasteiger partial charge on any atom is 0.217 e. The SMILES string of the molecule is COc1c(C(O)Cc2cc(F)ccc2C)c(C)nn1C. The lowest BCUT2D eigenvalue weighted by atomic mass is 9.98. The molecule has 0 spiro atoms. The molecule has 0 amide bonds. The fourth-order valence-corrected chi connectivity index (χ4v) is 2.45. The van der Waals surface area contributed by atoms with Gasteiger partial charge in [0.1, 0.15) is 5.82 Å². The normalized spacial score (nSPS) is 12.5. The molecule has 4 nitrogen and oxygen atoms in total. The summed E-state index contributed by atoms with van der Waals surface area (Å²) in [5.41, 5.74) is 3.10. The summed E-state index contributed by atoms with van der Waals surface area (Å²) in [6.07, 6.45) is -0.453. The highest BCUT2D eigenvalue weighted by atomic mass is 19.1. The Labute approximate surface area is 117 Å². The van der Waals surface area contributed by atoms with Gasteiger partial charge in [0.25, 0.3) is 0 Å². The summed E-state index contributed by atoms with van der Waals surface area (Å²) in [5.74, 6) is 0.233. The Hall–Kier alpha value is -1.88. The van der Waals surface area contributed by atoms with Gasteiger partial charge in [-0.05, 0) is 37.1 Å². The summed E-state index contributed by atoms with van der Waals surface area (Å²) >= 11 is 0. The minimum atomic E-state index is -0.779. The van der Waals surface area contributed by atoms with E-state index in [2.05, 4.69) is 5.10 Å². The second kappa shape index (κ2) is 5.63. The molecule has 1 aromatic heterocycles. The van der Waals surface area contributed by atoms with Gasteiger partial charge < -0.3 is 9.84 Å². The van der Waals surface area contributed by atoms with Gasteiger partial charge in [0.05, 0.1) is 24.5 Å². The quantitative estimate of drug-likeness (QED) is 0.934. The van der Waals surface area contributed by atoms with Crippen LogP contribution in [0.3, 0.4) is 0 Å². The molecule has 0 aliphatic heterocycles. The first kappa shape index (κ1) is 14.5. The summed E-state index contributed by atoms with van der Waals surface area (Å²) < 4.78 is 20.2. The molecular formula is C15H19FN2O2. The lowest BCUT2D eigenvalue weighted by Crippen LogP contribution is -2.06. The van der Waals surface area contributed by atoms with Gasteiger partial charge >= 0.3 is 0 Å². The fourth-order valence-electron chi connectivity index (χ4n) is 2.45. The van der Waals surface area contributed by atoms with Crippen LogP contribution < -0.4 is 4.74 Å². The molecule has 1 atom stereocenters. The highest BCUT2D eigenvalue weighted by Crippen LogP contribution is 2.30. The van der Waals surface area contributed by atoms with Crippen molar-refractivity contribution < 1.29 is 14.2 Å². The van der Waals surface area contributed by atoms with Crippen molar-refractivity contribution in [3.8, 4) is 5.88 Å². The zero-order valence-electron chi connectivity index (χ0n) is 12.1. The van der Waals surface area contributed by atoms with E-state index < -0.39 is 6.10 Å².